The molecular weight excluding hydrogens is 268 g/mol. The van der Waals surface area contributed by atoms with Crippen LogP contribution in [-0.4, -0.2) is 17.3 Å². The predicted molar refractivity (Wildman–Crippen MR) is 81.8 cm³/mol. The monoisotopic (exact) mass is 284 g/mol. The number of benzene rings is 2. The van der Waals surface area contributed by atoms with Crippen LogP contribution in [0.3, 0.4) is 0 Å². The molecule has 0 saturated heterocycles. The van der Waals surface area contributed by atoms with Crippen molar-refractivity contribution in [3.05, 3.63) is 69.3 Å². The zero-order valence-electron chi connectivity index (χ0n) is 11.9. The molecule has 5 heteroatoms. The maximum absolute atomic E-state index is 12.0. The summed E-state index contributed by atoms with van der Waals surface area (Å²) in [5.41, 5.74) is 3.58. The molecule has 0 fully saturated rings. The van der Waals surface area contributed by atoms with Crippen molar-refractivity contribution in [1.82, 2.24) is 0 Å². The summed E-state index contributed by atoms with van der Waals surface area (Å²) < 4.78 is 0. The molecule has 1 N–H and O–H groups in total. The van der Waals surface area contributed by atoms with Crippen LogP contribution in [0.15, 0.2) is 42.5 Å². The Bertz CT molecular complexity index is 658. The predicted octanol–water partition coefficient (Wildman–Crippen LogP) is 3.51. The largest absolute Gasteiger partial charge is 0.378 e. The van der Waals surface area contributed by atoms with Gasteiger partial charge in [0.1, 0.15) is 0 Å². The summed E-state index contributed by atoms with van der Waals surface area (Å²) in [4.78, 5) is 22.1. The zero-order valence-corrected chi connectivity index (χ0v) is 11.9. The number of anilines is 1. The smallest absolute Gasteiger partial charge is 0.269 e. The van der Waals surface area contributed by atoms with E-state index < -0.39 is 4.92 Å². The molecule has 0 radical (unpaired) electrons. The summed E-state index contributed by atoms with van der Waals surface area (Å²) in [5, 5.41) is 13.6. The lowest BCUT2D eigenvalue weighted by molar-refractivity contribution is -0.384. The molecule has 0 aliphatic carbocycles. The fourth-order valence-corrected chi connectivity index (χ4v) is 2.13. The van der Waals surface area contributed by atoms with Gasteiger partial charge in [-0.15, -0.1) is 0 Å². The van der Waals surface area contributed by atoms with Crippen LogP contribution in [0.4, 0.5) is 11.4 Å². The Kier molecular flexibility index (Phi) is 4.33. The van der Waals surface area contributed by atoms with E-state index >= 15 is 0 Å². The van der Waals surface area contributed by atoms with E-state index in [0.717, 1.165) is 16.8 Å². The van der Waals surface area contributed by atoms with Crippen molar-refractivity contribution >= 4 is 17.2 Å². The van der Waals surface area contributed by atoms with E-state index in [4.69, 9.17) is 0 Å². The van der Waals surface area contributed by atoms with Crippen LogP contribution >= 0.6 is 0 Å². The molecule has 0 amide bonds. The molecule has 0 aromatic heterocycles. The zero-order chi connectivity index (χ0) is 15.4. The molecule has 0 aliphatic rings. The highest BCUT2D eigenvalue weighted by atomic mass is 16.6. The van der Waals surface area contributed by atoms with E-state index in [9.17, 15) is 14.9 Å². The standard InChI is InChI=1S/C16H16N2O3/c1-11-7-12(2)9-14(8-11)17-10-16(19)13-3-5-15(6-4-13)18(20)21/h3-9,17H,10H2,1-2H3. The Morgan fingerprint density at radius 3 is 2.19 bits per heavy atom. The molecule has 0 unspecified atom stereocenters. The van der Waals surface area contributed by atoms with Gasteiger partial charge >= 0.3 is 0 Å². The Morgan fingerprint density at radius 1 is 1.10 bits per heavy atom. The molecular formula is C16H16N2O3. The number of carbonyl (C=O) groups excluding carboxylic acids is 1. The van der Waals surface area contributed by atoms with Gasteiger partial charge in [0.2, 0.25) is 0 Å². The number of nitro groups is 1. The van der Waals surface area contributed by atoms with Crippen LogP contribution in [-0.2, 0) is 0 Å². The van der Waals surface area contributed by atoms with Gasteiger partial charge in [-0.05, 0) is 49.2 Å². The Hall–Kier alpha value is -2.69. The number of nitrogens with zero attached hydrogens (tertiary/aromatic N) is 1. The third-order valence-electron chi connectivity index (χ3n) is 3.07. The number of nitro benzene ring substituents is 1. The molecule has 0 bridgehead atoms. The number of hydrogen-bond acceptors (Lipinski definition) is 4. The van der Waals surface area contributed by atoms with E-state index in [1.54, 1.807) is 0 Å². The minimum atomic E-state index is -0.484. The second-order valence-corrected chi connectivity index (χ2v) is 4.96. The normalized spacial score (nSPS) is 10.2. The summed E-state index contributed by atoms with van der Waals surface area (Å²) in [5.74, 6) is -0.107. The Labute approximate surface area is 122 Å². The summed E-state index contributed by atoms with van der Waals surface area (Å²) >= 11 is 0. The van der Waals surface area contributed by atoms with Crippen LogP contribution in [0.25, 0.3) is 0 Å². The van der Waals surface area contributed by atoms with E-state index in [1.165, 1.54) is 24.3 Å². The first-order valence-corrected chi connectivity index (χ1v) is 6.55. The third kappa shape index (κ3) is 3.89. The van der Waals surface area contributed by atoms with Gasteiger partial charge in [-0.2, -0.15) is 0 Å². The maximum atomic E-state index is 12.0. The molecule has 0 aliphatic heterocycles. The average molecular weight is 284 g/mol. The van der Waals surface area contributed by atoms with Crippen LogP contribution in [0.5, 0.6) is 0 Å². The molecule has 2 aromatic rings. The molecule has 2 rings (SSSR count). The van der Waals surface area contributed by atoms with Crippen molar-refractivity contribution < 1.29 is 9.72 Å². The highest BCUT2D eigenvalue weighted by Gasteiger charge is 2.09. The number of hydrogen-bond donors (Lipinski definition) is 1. The van der Waals surface area contributed by atoms with Gasteiger partial charge in [0.05, 0.1) is 11.5 Å². The number of non-ortho nitro benzene ring substituents is 1. The van der Waals surface area contributed by atoms with Crippen LogP contribution in [0.2, 0.25) is 0 Å². The van der Waals surface area contributed by atoms with Crippen molar-refractivity contribution in [2.24, 2.45) is 0 Å². The summed E-state index contributed by atoms with van der Waals surface area (Å²) in [6.07, 6.45) is 0. The first kappa shape index (κ1) is 14.7. The molecule has 108 valence electrons. The van der Waals surface area contributed by atoms with Gasteiger partial charge in [-0.1, -0.05) is 6.07 Å². The minimum Gasteiger partial charge on any atom is -0.378 e. The van der Waals surface area contributed by atoms with Crippen molar-refractivity contribution in [2.45, 2.75) is 13.8 Å². The van der Waals surface area contributed by atoms with Crippen molar-refractivity contribution in [3.63, 3.8) is 0 Å². The molecule has 2 aromatic carbocycles. The summed E-state index contributed by atoms with van der Waals surface area (Å²) in [6.45, 7) is 4.15. The van der Waals surface area contributed by atoms with Crippen molar-refractivity contribution in [1.29, 1.82) is 0 Å². The highest BCUT2D eigenvalue weighted by molar-refractivity contribution is 5.99. The van der Waals surface area contributed by atoms with Gasteiger partial charge in [0.15, 0.2) is 5.78 Å². The molecule has 21 heavy (non-hydrogen) atoms. The van der Waals surface area contributed by atoms with E-state index in [1.807, 2.05) is 26.0 Å². The lowest BCUT2D eigenvalue weighted by Crippen LogP contribution is -2.14. The van der Waals surface area contributed by atoms with E-state index in [-0.39, 0.29) is 18.0 Å². The van der Waals surface area contributed by atoms with E-state index in [2.05, 4.69) is 11.4 Å². The van der Waals surface area contributed by atoms with Crippen molar-refractivity contribution in [2.75, 3.05) is 11.9 Å². The first-order valence-electron chi connectivity index (χ1n) is 6.55. The number of aryl methyl sites for hydroxylation is 2. The lowest BCUT2D eigenvalue weighted by Gasteiger charge is -2.08. The minimum absolute atomic E-state index is 0.0196. The van der Waals surface area contributed by atoms with Gasteiger partial charge in [0, 0.05) is 23.4 Å². The third-order valence-corrected chi connectivity index (χ3v) is 3.07. The summed E-state index contributed by atoms with van der Waals surface area (Å²) in [7, 11) is 0. The SMILES string of the molecule is Cc1cc(C)cc(NCC(=O)c2ccc([N+](=O)[O-])cc2)c1. The molecule has 0 heterocycles. The Morgan fingerprint density at radius 2 is 1.67 bits per heavy atom. The second kappa shape index (κ2) is 6.17. The van der Waals surface area contributed by atoms with E-state index in [0.29, 0.717) is 5.56 Å². The van der Waals surface area contributed by atoms with Gasteiger partial charge in [-0.3, -0.25) is 14.9 Å². The van der Waals surface area contributed by atoms with Gasteiger partial charge in [0.25, 0.3) is 5.69 Å². The first-order chi connectivity index (χ1) is 9.95. The number of carbonyl (C=O) groups is 1. The van der Waals surface area contributed by atoms with Crippen LogP contribution in [0, 0.1) is 24.0 Å². The molecule has 0 atom stereocenters. The average Bonchev–Trinajstić information content (AvgIpc) is 2.44. The van der Waals surface area contributed by atoms with Gasteiger partial charge < -0.3 is 5.32 Å². The molecule has 0 spiro atoms. The lowest BCUT2D eigenvalue weighted by atomic mass is 10.1. The topological polar surface area (TPSA) is 72.2 Å². The Balaban J connectivity index is 2.02. The van der Waals surface area contributed by atoms with Gasteiger partial charge in [-0.25, -0.2) is 0 Å². The number of rotatable bonds is 5. The molecule has 5 nitrogen and oxygen atoms in total. The molecule has 0 saturated carbocycles. The number of Topliss-reactive ketones (excluding diaryl/α,β-unsaturated/α-hetero) is 1. The van der Waals surface area contributed by atoms with Crippen molar-refractivity contribution in [3.8, 4) is 0 Å². The fraction of sp³-hybridized carbons (Fsp3) is 0.188. The second-order valence-electron chi connectivity index (χ2n) is 4.96. The highest BCUT2D eigenvalue weighted by Crippen LogP contribution is 2.15. The summed E-state index contributed by atoms with van der Waals surface area (Å²) in [6, 6.07) is 11.6. The van der Waals surface area contributed by atoms with Crippen LogP contribution < -0.4 is 5.32 Å². The number of nitrogens with one attached hydrogen (secondary N) is 1. The maximum Gasteiger partial charge on any atom is 0.269 e. The number of ketones is 1. The van der Waals surface area contributed by atoms with Crippen LogP contribution in [0.1, 0.15) is 21.5 Å². The quantitative estimate of drug-likeness (QED) is 0.518. The fourth-order valence-electron chi connectivity index (χ4n) is 2.13.